The maximum atomic E-state index is 3.56. The molecule has 0 aromatic rings. The summed E-state index contributed by atoms with van der Waals surface area (Å²) in [5.74, 6) is 0. The number of nitrogens with one attached hydrogen (secondary N) is 2. The van der Waals surface area contributed by atoms with E-state index < -0.39 is 0 Å². The monoisotopic (exact) mass is 156 g/mol. The summed E-state index contributed by atoms with van der Waals surface area (Å²) in [6, 6.07) is 0.746. The molecule has 1 heterocycles. The van der Waals surface area contributed by atoms with Gasteiger partial charge in [-0.3, -0.25) is 0 Å². The predicted molar refractivity (Wildman–Crippen MR) is 48.8 cm³/mol. The third-order valence-electron chi connectivity index (χ3n) is 2.26. The quantitative estimate of drug-likeness (QED) is 0.596. The Hall–Kier alpha value is -0.0800. The topological polar surface area (TPSA) is 24.1 Å². The molecule has 1 saturated heterocycles. The van der Waals surface area contributed by atoms with Gasteiger partial charge in [-0.1, -0.05) is 13.3 Å². The maximum absolute atomic E-state index is 3.56. The molecule has 1 rings (SSSR count). The Balaban J connectivity index is 1.96. The highest BCUT2D eigenvalue weighted by Crippen LogP contribution is 2.00. The Bertz CT molecular complexity index is 87.6. The molecule has 0 aromatic heterocycles. The van der Waals surface area contributed by atoms with Gasteiger partial charge in [0.1, 0.15) is 0 Å². The highest BCUT2D eigenvalue weighted by atomic mass is 15.0. The first kappa shape index (κ1) is 9.01. The summed E-state index contributed by atoms with van der Waals surface area (Å²) in [5, 5.41) is 6.96. The van der Waals surface area contributed by atoms with Gasteiger partial charge in [0.25, 0.3) is 0 Å². The zero-order valence-corrected chi connectivity index (χ0v) is 7.53. The molecule has 0 amide bonds. The van der Waals surface area contributed by atoms with Crippen LogP contribution in [0.4, 0.5) is 0 Å². The molecule has 0 saturated carbocycles. The van der Waals surface area contributed by atoms with Crippen LogP contribution in [0, 0.1) is 0 Å². The van der Waals surface area contributed by atoms with E-state index in [1.807, 2.05) is 0 Å². The molecule has 0 radical (unpaired) electrons. The predicted octanol–water partition coefficient (Wildman–Crippen LogP) is 1.13. The molecule has 66 valence electrons. The fourth-order valence-corrected chi connectivity index (χ4v) is 1.51. The molecular weight excluding hydrogens is 136 g/mol. The summed E-state index contributed by atoms with van der Waals surface area (Å²) >= 11 is 0. The van der Waals surface area contributed by atoms with Gasteiger partial charge in [0.05, 0.1) is 0 Å². The smallest absolute Gasteiger partial charge is 0.0192 e. The zero-order valence-electron chi connectivity index (χ0n) is 7.53. The van der Waals surface area contributed by atoms with Crippen molar-refractivity contribution in [3.05, 3.63) is 0 Å². The minimum atomic E-state index is 0.746. The van der Waals surface area contributed by atoms with E-state index in [9.17, 15) is 0 Å². The van der Waals surface area contributed by atoms with Crippen molar-refractivity contribution in [2.24, 2.45) is 0 Å². The van der Waals surface area contributed by atoms with Crippen LogP contribution in [0.5, 0.6) is 0 Å². The Morgan fingerprint density at radius 1 is 1.55 bits per heavy atom. The first-order valence-electron chi connectivity index (χ1n) is 4.87. The molecular formula is C9H20N2. The van der Waals surface area contributed by atoms with Crippen molar-refractivity contribution in [3.63, 3.8) is 0 Å². The fraction of sp³-hybridized carbons (Fsp3) is 1.00. The second-order valence-electron chi connectivity index (χ2n) is 3.35. The normalized spacial score (nSPS) is 25.4. The Labute approximate surface area is 69.8 Å². The van der Waals surface area contributed by atoms with Crippen LogP contribution < -0.4 is 10.6 Å². The number of hydrogen-bond donors (Lipinski definition) is 2. The van der Waals surface area contributed by atoms with Crippen molar-refractivity contribution in [2.75, 3.05) is 19.6 Å². The maximum Gasteiger partial charge on any atom is 0.0192 e. The van der Waals surface area contributed by atoms with Gasteiger partial charge >= 0.3 is 0 Å². The van der Waals surface area contributed by atoms with Gasteiger partial charge in [-0.15, -0.1) is 0 Å². The molecule has 0 aliphatic carbocycles. The van der Waals surface area contributed by atoms with Crippen LogP contribution in [0.3, 0.4) is 0 Å². The van der Waals surface area contributed by atoms with Crippen LogP contribution in [0.15, 0.2) is 0 Å². The molecule has 0 spiro atoms. The molecule has 11 heavy (non-hydrogen) atoms. The molecule has 2 N–H and O–H groups in total. The lowest BCUT2D eigenvalue weighted by molar-refractivity contribution is 0.388. The largest absolute Gasteiger partial charge is 0.315 e. The average molecular weight is 156 g/mol. The lowest BCUT2D eigenvalue weighted by Crippen LogP contribution is -2.43. The molecule has 2 nitrogen and oxygen atoms in total. The number of piperidine rings is 1. The number of hydrogen-bond acceptors (Lipinski definition) is 2. The summed E-state index contributed by atoms with van der Waals surface area (Å²) in [4.78, 5) is 0. The second-order valence-corrected chi connectivity index (χ2v) is 3.35. The third kappa shape index (κ3) is 3.73. The van der Waals surface area contributed by atoms with Crippen LogP contribution in [-0.4, -0.2) is 25.7 Å². The molecule has 1 fully saturated rings. The summed E-state index contributed by atoms with van der Waals surface area (Å²) in [7, 11) is 0. The van der Waals surface area contributed by atoms with E-state index in [0.717, 1.165) is 6.04 Å². The molecule has 1 aliphatic rings. The first-order valence-corrected chi connectivity index (χ1v) is 4.87. The van der Waals surface area contributed by atoms with Crippen molar-refractivity contribution < 1.29 is 0 Å². The molecule has 2 heteroatoms. The van der Waals surface area contributed by atoms with Crippen molar-refractivity contribution in [2.45, 2.75) is 38.6 Å². The minimum Gasteiger partial charge on any atom is -0.315 e. The molecule has 1 unspecified atom stereocenters. The first-order chi connectivity index (χ1) is 5.43. The van der Waals surface area contributed by atoms with Gasteiger partial charge < -0.3 is 10.6 Å². The van der Waals surface area contributed by atoms with Crippen molar-refractivity contribution in [3.8, 4) is 0 Å². The van der Waals surface area contributed by atoms with Crippen molar-refractivity contribution >= 4 is 0 Å². The van der Waals surface area contributed by atoms with Crippen LogP contribution in [-0.2, 0) is 0 Å². The van der Waals surface area contributed by atoms with E-state index in [4.69, 9.17) is 0 Å². The molecule has 0 bridgehead atoms. The molecule has 1 aliphatic heterocycles. The molecule has 1 atom stereocenters. The summed E-state index contributed by atoms with van der Waals surface area (Å²) in [6.45, 7) is 5.82. The standard InChI is InChI=1S/C9H20N2/c1-2-3-7-11-9-5-4-6-10-8-9/h9-11H,2-8H2,1H3. The van der Waals surface area contributed by atoms with Crippen LogP contribution in [0.25, 0.3) is 0 Å². The van der Waals surface area contributed by atoms with E-state index in [-0.39, 0.29) is 0 Å². The van der Waals surface area contributed by atoms with Gasteiger partial charge in [0, 0.05) is 12.6 Å². The second kappa shape index (κ2) is 5.56. The van der Waals surface area contributed by atoms with Gasteiger partial charge in [-0.25, -0.2) is 0 Å². The Morgan fingerprint density at radius 3 is 3.09 bits per heavy atom. The number of rotatable bonds is 4. The highest BCUT2D eigenvalue weighted by Gasteiger charge is 2.10. The Kier molecular flexibility index (Phi) is 4.55. The summed E-state index contributed by atoms with van der Waals surface area (Å²) in [6.07, 6.45) is 5.31. The van der Waals surface area contributed by atoms with Crippen LogP contribution in [0.2, 0.25) is 0 Å². The summed E-state index contributed by atoms with van der Waals surface area (Å²) < 4.78 is 0. The van der Waals surface area contributed by atoms with Crippen molar-refractivity contribution in [1.29, 1.82) is 0 Å². The van der Waals surface area contributed by atoms with Crippen molar-refractivity contribution in [1.82, 2.24) is 10.6 Å². The van der Waals surface area contributed by atoms with E-state index in [0.29, 0.717) is 0 Å². The van der Waals surface area contributed by atoms with Gasteiger partial charge in [-0.05, 0) is 32.4 Å². The lowest BCUT2D eigenvalue weighted by Gasteiger charge is -2.23. The Morgan fingerprint density at radius 2 is 2.45 bits per heavy atom. The molecule has 0 aromatic carbocycles. The average Bonchev–Trinajstić information content (AvgIpc) is 2.07. The van der Waals surface area contributed by atoms with Crippen LogP contribution >= 0.6 is 0 Å². The van der Waals surface area contributed by atoms with Gasteiger partial charge in [0.2, 0.25) is 0 Å². The lowest BCUT2D eigenvalue weighted by atomic mass is 10.1. The third-order valence-corrected chi connectivity index (χ3v) is 2.26. The van der Waals surface area contributed by atoms with Gasteiger partial charge in [-0.2, -0.15) is 0 Å². The van der Waals surface area contributed by atoms with Gasteiger partial charge in [0.15, 0.2) is 0 Å². The van der Waals surface area contributed by atoms with E-state index >= 15 is 0 Å². The van der Waals surface area contributed by atoms with Crippen LogP contribution in [0.1, 0.15) is 32.6 Å². The van der Waals surface area contributed by atoms with E-state index in [1.54, 1.807) is 0 Å². The van der Waals surface area contributed by atoms with E-state index in [1.165, 1.54) is 45.3 Å². The van der Waals surface area contributed by atoms with E-state index in [2.05, 4.69) is 17.6 Å². The summed E-state index contributed by atoms with van der Waals surface area (Å²) in [5.41, 5.74) is 0. The highest BCUT2D eigenvalue weighted by molar-refractivity contribution is 4.74. The number of unbranched alkanes of at least 4 members (excludes halogenated alkanes) is 1. The fourth-order valence-electron chi connectivity index (χ4n) is 1.51. The minimum absolute atomic E-state index is 0.746. The zero-order chi connectivity index (χ0) is 7.94. The SMILES string of the molecule is CCCCNC1CCCNC1.